The summed E-state index contributed by atoms with van der Waals surface area (Å²) in [5.41, 5.74) is 0.452. The number of carbonyl (C=O) groups excluding carboxylic acids is 1. The number of aromatic nitrogens is 5. The van der Waals surface area contributed by atoms with Gasteiger partial charge in [-0.15, -0.1) is 18.3 Å². The molecule has 3 aromatic heterocycles. The van der Waals surface area contributed by atoms with Crippen molar-refractivity contribution in [2.24, 2.45) is 0 Å². The van der Waals surface area contributed by atoms with Crippen molar-refractivity contribution < 1.29 is 36.6 Å². The van der Waals surface area contributed by atoms with Gasteiger partial charge in [-0.25, -0.2) is 18.7 Å². The van der Waals surface area contributed by atoms with Crippen LogP contribution in [0.25, 0.3) is 5.52 Å². The van der Waals surface area contributed by atoms with Gasteiger partial charge in [-0.2, -0.15) is 5.10 Å². The van der Waals surface area contributed by atoms with E-state index in [-0.39, 0.29) is 35.5 Å². The first-order valence-corrected chi connectivity index (χ1v) is 9.74. The maximum atomic E-state index is 14.8. The molecule has 0 bridgehead atoms. The molecular formula is C18H19F4N7O4. The smallest absolute Gasteiger partial charge is 0.441 e. The molecule has 1 aliphatic heterocycles. The Labute approximate surface area is 183 Å². The normalized spacial score (nSPS) is 20.9. The van der Waals surface area contributed by atoms with E-state index in [9.17, 15) is 22.4 Å². The second-order valence-corrected chi connectivity index (χ2v) is 7.41. The molecule has 4 rings (SSSR count). The summed E-state index contributed by atoms with van der Waals surface area (Å²) in [4.78, 5) is 15.8. The Bertz CT molecular complexity index is 1130. The molecule has 3 aromatic rings. The van der Waals surface area contributed by atoms with Crippen LogP contribution in [0.15, 0.2) is 24.5 Å². The van der Waals surface area contributed by atoms with Crippen LogP contribution in [-0.4, -0.2) is 62.2 Å². The summed E-state index contributed by atoms with van der Waals surface area (Å²) in [6, 6.07) is 2.33. The fraction of sp³-hybridized carbons (Fsp3) is 0.444. The zero-order valence-electron chi connectivity index (χ0n) is 17.3. The minimum Gasteiger partial charge on any atom is -0.441 e. The minimum atomic E-state index is -4.89. The first kappa shape index (κ1) is 22.6. The molecular weight excluding hydrogens is 454 g/mol. The van der Waals surface area contributed by atoms with Crippen molar-refractivity contribution in [3.8, 4) is 5.88 Å². The van der Waals surface area contributed by atoms with E-state index >= 15 is 0 Å². The lowest BCUT2D eigenvalue weighted by Gasteiger charge is -2.16. The van der Waals surface area contributed by atoms with Crippen molar-refractivity contribution in [1.29, 1.82) is 0 Å². The van der Waals surface area contributed by atoms with Crippen molar-refractivity contribution in [3.63, 3.8) is 0 Å². The molecule has 0 saturated carbocycles. The average molecular weight is 473 g/mol. The first-order chi connectivity index (χ1) is 15.6. The molecule has 0 spiro atoms. The van der Waals surface area contributed by atoms with Gasteiger partial charge in [0.05, 0.1) is 12.3 Å². The summed E-state index contributed by atoms with van der Waals surface area (Å²) in [7, 11) is 0. The Morgan fingerprint density at radius 2 is 2.15 bits per heavy atom. The van der Waals surface area contributed by atoms with Crippen molar-refractivity contribution in [2.45, 2.75) is 44.6 Å². The number of carbonyl (C=O) groups is 1. The van der Waals surface area contributed by atoms with Gasteiger partial charge in [0.15, 0.2) is 23.9 Å². The predicted octanol–water partition coefficient (Wildman–Crippen LogP) is 3.01. The number of halogens is 4. The van der Waals surface area contributed by atoms with E-state index in [2.05, 4.69) is 35.7 Å². The molecule has 33 heavy (non-hydrogen) atoms. The summed E-state index contributed by atoms with van der Waals surface area (Å²) in [6.45, 7) is 3.34. The van der Waals surface area contributed by atoms with Crippen LogP contribution in [0.3, 0.4) is 0 Å². The number of alkyl carbamates (subject to hydrolysis) is 1. The second kappa shape index (κ2) is 8.73. The van der Waals surface area contributed by atoms with Crippen LogP contribution < -0.4 is 15.4 Å². The van der Waals surface area contributed by atoms with Crippen molar-refractivity contribution >= 4 is 23.2 Å². The third kappa shape index (κ3) is 5.24. The maximum Gasteiger partial charge on any atom is 0.574 e. The Morgan fingerprint density at radius 3 is 2.88 bits per heavy atom. The van der Waals surface area contributed by atoms with Gasteiger partial charge in [0, 0.05) is 30.6 Å². The van der Waals surface area contributed by atoms with E-state index in [1.807, 2.05) is 0 Å². The molecule has 178 valence electrons. The van der Waals surface area contributed by atoms with E-state index in [1.54, 1.807) is 13.8 Å². The zero-order chi connectivity index (χ0) is 23.8. The van der Waals surface area contributed by atoms with Gasteiger partial charge in [-0.05, 0) is 13.8 Å². The van der Waals surface area contributed by atoms with Crippen LogP contribution >= 0.6 is 0 Å². The van der Waals surface area contributed by atoms with Crippen LogP contribution in [0.2, 0.25) is 0 Å². The number of nitrogens with one attached hydrogen (secondary N) is 3. The van der Waals surface area contributed by atoms with Crippen LogP contribution in [0.5, 0.6) is 5.88 Å². The van der Waals surface area contributed by atoms with Gasteiger partial charge in [-0.3, -0.25) is 5.10 Å². The van der Waals surface area contributed by atoms with Crippen molar-refractivity contribution in [2.75, 3.05) is 11.9 Å². The number of nitrogens with zero attached hydrogens (tertiary/aromatic N) is 4. The molecule has 3 atom stereocenters. The van der Waals surface area contributed by atoms with E-state index in [1.165, 1.54) is 18.5 Å². The Balaban J connectivity index is 1.45. The number of fused-ring (bicyclic) bond motifs is 1. The fourth-order valence-corrected chi connectivity index (χ4v) is 3.18. The number of amides is 1. The number of hydrogen-bond donors (Lipinski definition) is 3. The highest BCUT2D eigenvalue weighted by Crippen LogP contribution is 2.34. The molecule has 0 aliphatic carbocycles. The third-order valence-corrected chi connectivity index (χ3v) is 4.49. The maximum absolute atomic E-state index is 14.8. The van der Waals surface area contributed by atoms with Crippen LogP contribution in [-0.2, 0) is 9.47 Å². The van der Waals surface area contributed by atoms with Gasteiger partial charge in [0.2, 0.25) is 5.88 Å². The zero-order valence-corrected chi connectivity index (χ0v) is 17.3. The Morgan fingerprint density at radius 1 is 1.36 bits per heavy atom. The molecule has 1 aliphatic rings. The van der Waals surface area contributed by atoms with E-state index in [4.69, 9.17) is 9.47 Å². The number of aromatic amines is 1. The monoisotopic (exact) mass is 473 g/mol. The lowest BCUT2D eigenvalue weighted by Crippen LogP contribution is -2.36. The number of ether oxygens (including phenoxy) is 3. The summed E-state index contributed by atoms with van der Waals surface area (Å²) >= 11 is 0. The largest absolute Gasteiger partial charge is 0.574 e. The fourth-order valence-electron chi connectivity index (χ4n) is 3.18. The third-order valence-electron chi connectivity index (χ3n) is 4.49. The quantitative estimate of drug-likeness (QED) is 0.467. The SMILES string of the molecule is CC(C)NC(=O)O[C@H]1CO[C@@H](c2cc(Nc3nccn4nc(OC(F)(F)F)cc34)n[nH]2)[C@H]1F. The van der Waals surface area contributed by atoms with Gasteiger partial charge in [0.25, 0.3) is 0 Å². The van der Waals surface area contributed by atoms with E-state index in [0.717, 1.165) is 10.6 Å². The Hall–Kier alpha value is -3.62. The molecule has 0 radical (unpaired) electrons. The van der Waals surface area contributed by atoms with Crippen LogP contribution in [0.1, 0.15) is 25.6 Å². The molecule has 0 aromatic carbocycles. The molecule has 4 heterocycles. The highest BCUT2D eigenvalue weighted by Gasteiger charge is 2.42. The topological polar surface area (TPSA) is 128 Å². The number of H-pyrrole nitrogens is 1. The average Bonchev–Trinajstić information content (AvgIpc) is 3.40. The predicted molar refractivity (Wildman–Crippen MR) is 104 cm³/mol. The molecule has 3 N–H and O–H groups in total. The summed E-state index contributed by atoms with van der Waals surface area (Å²) in [5.74, 6) is -0.327. The summed E-state index contributed by atoms with van der Waals surface area (Å²) in [5, 5.41) is 15.6. The highest BCUT2D eigenvalue weighted by atomic mass is 19.4. The molecule has 11 nitrogen and oxygen atoms in total. The molecule has 1 fully saturated rings. The Kier molecular flexibility index (Phi) is 5.97. The summed E-state index contributed by atoms with van der Waals surface area (Å²) in [6.07, 6.45) is -6.78. The molecule has 1 amide bonds. The molecule has 1 saturated heterocycles. The number of anilines is 2. The van der Waals surface area contributed by atoms with Gasteiger partial charge < -0.3 is 24.8 Å². The first-order valence-electron chi connectivity index (χ1n) is 9.74. The van der Waals surface area contributed by atoms with Crippen LogP contribution in [0.4, 0.5) is 34.0 Å². The standard InChI is InChI=1S/C18H19F4N7O4/c1-8(2)24-17(30)32-11-7-31-15(14(11)19)9-5-12(27-26-9)25-16-10-6-13(33-18(20,21)22)28-29(10)4-3-23-16/h3-6,8,11,14-15H,7H2,1-2H3,(H,24,30)(H2,23,25,26,27)/t11-,14-,15-/m0/s1. The summed E-state index contributed by atoms with van der Waals surface area (Å²) < 4.78 is 67.6. The lowest BCUT2D eigenvalue weighted by atomic mass is 10.1. The van der Waals surface area contributed by atoms with Crippen molar-refractivity contribution in [3.05, 3.63) is 30.2 Å². The molecule has 15 heteroatoms. The van der Waals surface area contributed by atoms with Crippen molar-refractivity contribution in [1.82, 2.24) is 30.1 Å². The highest BCUT2D eigenvalue weighted by molar-refractivity contribution is 5.72. The van der Waals surface area contributed by atoms with Gasteiger partial charge in [0.1, 0.15) is 11.6 Å². The lowest BCUT2D eigenvalue weighted by molar-refractivity contribution is -0.276. The molecule has 0 unspecified atom stereocenters. The minimum absolute atomic E-state index is 0.135. The number of hydrogen-bond acceptors (Lipinski definition) is 8. The van der Waals surface area contributed by atoms with E-state index in [0.29, 0.717) is 0 Å². The van der Waals surface area contributed by atoms with E-state index < -0.39 is 36.7 Å². The second-order valence-electron chi connectivity index (χ2n) is 7.41. The van der Waals surface area contributed by atoms with Crippen LogP contribution in [0, 0.1) is 0 Å². The van der Waals surface area contributed by atoms with Gasteiger partial charge >= 0.3 is 12.5 Å². The number of rotatable bonds is 6. The van der Waals surface area contributed by atoms with Gasteiger partial charge in [-0.1, -0.05) is 0 Å². The number of alkyl halides is 4.